The largest absolute Gasteiger partial charge is 0.383 e. The fourth-order valence-corrected chi connectivity index (χ4v) is 2.20. The minimum atomic E-state index is 0.619. The third-order valence-corrected chi connectivity index (χ3v) is 3.40. The van der Waals surface area contributed by atoms with Crippen molar-refractivity contribution in [1.29, 1.82) is 10.5 Å². The first-order valence-corrected chi connectivity index (χ1v) is 7.00. The first-order chi connectivity index (χ1) is 10.3. The van der Waals surface area contributed by atoms with Gasteiger partial charge in [-0.3, -0.25) is 0 Å². The Morgan fingerprint density at radius 3 is 1.27 bits per heavy atom. The molecule has 0 unspecified atom stereocenters. The second-order valence-electron chi connectivity index (χ2n) is 5.61. The van der Waals surface area contributed by atoms with E-state index in [4.69, 9.17) is 0 Å². The molecule has 22 heavy (non-hydrogen) atoms. The summed E-state index contributed by atoms with van der Waals surface area (Å²) in [7, 11) is 7.68. The van der Waals surface area contributed by atoms with Gasteiger partial charge >= 0.3 is 0 Å². The molecule has 0 fully saturated rings. The van der Waals surface area contributed by atoms with Crippen molar-refractivity contribution in [3.8, 4) is 12.1 Å². The van der Waals surface area contributed by atoms with E-state index < -0.39 is 0 Å². The molecule has 114 valence electrons. The van der Waals surface area contributed by atoms with E-state index in [2.05, 4.69) is 12.1 Å². The van der Waals surface area contributed by atoms with E-state index >= 15 is 0 Å². The van der Waals surface area contributed by atoms with Gasteiger partial charge in [0.15, 0.2) is 0 Å². The number of nitrogens with zero attached hydrogens (tertiary/aromatic N) is 4. The maximum atomic E-state index is 9.54. The molecule has 0 N–H and O–H groups in total. The highest BCUT2D eigenvalue weighted by molar-refractivity contribution is 5.75. The standard InChI is InChI=1S/C18H22N4/c1-13-15(7-9-21(3)4)18(12-20)14(2)16(17(13)11-19)8-10-22(5)6/h7-10H,1-6H3/b9-7+,10-8+. The predicted octanol–water partition coefficient (Wildman–Crippen LogP) is 3.11. The molecule has 0 amide bonds. The van der Waals surface area contributed by atoms with Crippen LogP contribution in [-0.2, 0) is 0 Å². The molecule has 1 rings (SSSR count). The number of benzene rings is 1. The molecule has 0 atom stereocenters. The Morgan fingerprint density at radius 2 is 1.05 bits per heavy atom. The van der Waals surface area contributed by atoms with Gasteiger partial charge in [-0.2, -0.15) is 10.5 Å². The van der Waals surface area contributed by atoms with Crippen molar-refractivity contribution in [2.24, 2.45) is 0 Å². The Bertz CT molecular complexity index is 634. The molecule has 0 heterocycles. The van der Waals surface area contributed by atoms with Crippen molar-refractivity contribution < 1.29 is 0 Å². The van der Waals surface area contributed by atoms with Crippen molar-refractivity contribution in [2.75, 3.05) is 28.2 Å². The van der Waals surface area contributed by atoms with Gasteiger partial charge in [0.25, 0.3) is 0 Å². The molecular weight excluding hydrogens is 272 g/mol. The van der Waals surface area contributed by atoms with Crippen LogP contribution in [0.3, 0.4) is 0 Å². The summed E-state index contributed by atoms with van der Waals surface area (Å²) in [6, 6.07) is 4.56. The maximum absolute atomic E-state index is 9.54. The van der Waals surface area contributed by atoms with Gasteiger partial charge in [0.1, 0.15) is 12.1 Å². The lowest BCUT2D eigenvalue weighted by molar-refractivity contribution is 0.567. The molecular formula is C18H22N4. The van der Waals surface area contributed by atoms with Gasteiger partial charge in [-0.25, -0.2) is 0 Å². The molecule has 0 bridgehead atoms. The van der Waals surface area contributed by atoms with Crippen LogP contribution in [0.2, 0.25) is 0 Å². The highest BCUT2D eigenvalue weighted by atomic mass is 15.0. The third-order valence-electron chi connectivity index (χ3n) is 3.40. The van der Waals surface area contributed by atoms with Crippen LogP contribution in [-0.4, -0.2) is 38.0 Å². The lowest BCUT2D eigenvalue weighted by Crippen LogP contribution is -2.05. The van der Waals surface area contributed by atoms with Crippen molar-refractivity contribution in [3.05, 3.63) is 45.8 Å². The lowest BCUT2D eigenvalue weighted by Gasteiger charge is -2.15. The highest BCUT2D eigenvalue weighted by Gasteiger charge is 2.16. The van der Waals surface area contributed by atoms with Gasteiger partial charge in [-0.15, -0.1) is 0 Å². The van der Waals surface area contributed by atoms with Crippen LogP contribution in [0.5, 0.6) is 0 Å². The van der Waals surface area contributed by atoms with Crippen LogP contribution >= 0.6 is 0 Å². The molecule has 0 saturated heterocycles. The van der Waals surface area contributed by atoms with Crippen LogP contribution in [0.1, 0.15) is 33.4 Å². The zero-order valence-electron chi connectivity index (χ0n) is 14.1. The summed E-state index contributed by atoms with van der Waals surface area (Å²) >= 11 is 0. The lowest BCUT2D eigenvalue weighted by atomic mass is 9.88. The van der Waals surface area contributed by atoms with E-state index in [1.165, 1.54) is 0 Å². The molecule has 0 aromatic heterocycles. The molecule has 0 aliphatic carbocycles. The Hall–Kier alpha value is -2.72. The fraction of sp³-hybridized carbons (Fsp3) is 0.333. The van der Waals surface area contributed by atoms with Gasteiger partial charge in [0.2, 0.25) is 0 Å². The molecule has 0 aliphatic heterocycles. The van der Waals surface area contributed by atoms with Gasteiger partial charge in [0.05, 0.1) is 11.1 Å². The topological polar surface area (TPSA) is 54.1 Å². The van der Waals surface area contributed by atoms with E-state index in [1.807, 2.05) is 76.4 Å². The predicted molar refractivity (Wildman–Crippen MR) is 90.8 cm³/mol. The van der Waals surface area contributed by atoms with Crippen molar-refractivity contribution in [1.82, 2.24) is 9.80 Å². The molecule has 0 aliphatic rings. The third kappa shape index (κ3) is 3.68. The Kier molecular flexibility index (Phi) is 5.78. The summed E-state index contributed by atoms with van der Waals surface area (Å²) in [5.41, 5.74) is 4.53. The molecule has 4 nitrogen and oxygen atoms in total. The SMILES string of the molecule is Cc1c(C#N)c(/C=C/N(C)C)c(C)c(C#N)c1/C=C/N(C)C. The fourth-order valence-electron chi connectivity index (χ4n) is 2.20. The average Bonchev–Trinajstić information content (AvgIpc) is 2.45. The minimum Gasteiger partial charge on any atom is -0.383 e. The number of nitriles is 2. The first kappa shape index (κ1) is 17.3. The quantitative estimate of drug-likeness (QED) is 0.856. The molecule has 4 heteroatoms. The Labute approximate surface area is 133 Å². The van der Waals surface area contributed by atoms with E-state index in [0.29, 0.717) is 11.1 Å². The second-order valence-corrected chi connectivity index (χ2v) is 5.61. The smallest absolute Gasteiger partial charge is 0.100 e. The van der Waals surface area contributed by atoms with Crippen LogP contribution in [0, 0.1) is 36.5 Å². The second kappa shape index (κ2) is 7.33. The molecule has 0 radical (unpaired) electrons. The average molecular weight is 294 g/mol. The zero-order chi connectivity index (χ0) is 16.9. The normalized spacial score (nSPS) is 10.7. The summed E-state index contributed by atoms with van der Waals surface area (Å²) in [6.45, 7) is 3.78. The zero-order valence-corrected chi connectivity index (χ0v) is 14.1. The van der Waals surface area contributed by atoms with Crippen molar-refractivity contribution in [2.45, 2.75) is 13.8 Å². The van der Waals surface area contributed by atoms with Crippen molar-refractivity contribution in [3.63, 3.8) is 0 Å². The maximum Gasteiger partial charge on any atom is 0.100 e. The monoisotopic (exact) mass is 294 g/mol. The minimum absolute atomic E-state index is 0.619. The number of hydrogen-bond acceptors (Lipinski definition) is 4. The van der Waals surface area contributed by atoms with Crippen LogP contribution in [0.25, 0.3) is 12.2 Å². The molecule has 1 aromatic carbocycles. The van der Waals surface area contributed by atoms with Crippen molar-refractivity contribution >= 4 is 12.2 Å². The Balaban J connectivity index is 3.70. The summed E-state index contributed by atoms with van der Waals surface area (Å²) in [5, 5.41) is 19.1. The van der Waals surface area contributed by atoms with Gasteiger partial charge in [0, 0.05) is 28.2 Å². The summed E-state index contributed by atoms with van der Waals surface area (Å²) in [6.07, 6.45) is 7.56. The van der Waals surface area contributed by atoms with Crippen LogP contribution in [0.4, 0.5) is 0 Å². The molecule has 0 spiro atoms. The van der Waals surface area contributed by atoms with Gasteiger partial charge < -0.3 is 9.80 Å². The van der Waals surface area contributed by atoms with Gasteiger partial charge in [-0.05, 0) is 60.7 Å². The molecule has 1 aromatic rings. The van der Waals surface area contributed by atoms with E-state index in [9.17, 15) is 10.5 Å². The Morgan fingerprint density at radius 1 is 0.727 bits per heavy atom. The van der Waals surface area contributed by atoms with E-state index in [0.717, 1.165) is 22.3 Å². The summed E-state index contributed by atoms with van der Waals surface area (Å²) in [5.74, 6) is 0. The molecule has 0 saturated carbocycles. The highest BCUT2D eigenvalue weighted by Crippen LogP contribution is 2.29. The number of rotatable bonds is 4. The van der Waals surface area contributed by atoms with Crippen LogP contribution < -0.4 is 0 Å². The summed E-state index contributed by atoms with van der Waals surface area (Å²) in [4.78, 5) is 3.81. The number of hydrogen-bond donors (Lipinski definition) is 0. The first-order valence-electron chi connectivity index (χ1n) is 7.00. The van der Waals surface area contributed by atoms with Gasteiger partial charge in [-0.1, -0.05) is 0 Å². The van der Waals surface area contributed by atoms with E-state index in [-0.39, 0.29) is 0 Å². The van der Waals surface area contributed by atoms with Crippen LogP contribution in [0.15, 0.2) is 12.4 Å². The summed E-state index contributed by atoms with van der Waals surface area (Å²) < 4.78 is 0. The van der Waals surface area contributed by atoms with E-state index in [1.54, 1.807) is 0 Å².